The van der Waals surface area contributed by atoms with Crippen molar-refractivity contribution in [2.45, 2.75) is 30.5 Å². The van der Waals surface area contributed by atoms with Gasteiger partial charge in [-0.05, 0) is 23.8 Å². The van der Waals surface area contributed by atoms with Crippen molar-refractivity contribution in [3.05, 3.63) is 66.2 Å². The number of aromatic nitrogens is 4. The number of methoxy groups -OCH3 is 3. The zero-order valence-electron chi connectivity index (χ0n) is 21.8. The number of nitrogens with two attached hydrogens (primary N) is 1. The highest BCUT2D eigenvalue weighted by Gasteiger charge is 2.44. The van der Waals surface area contributed by atoms with Gasteiger partial charge in [-0.2, -0.15) is 0 Å². The lowest BCUT2D eigenvalue weighted by Gasteiger charge is -2.23. The molecular weight excluding hydrogens is 506 g/mol. The van der Waals surface area contributed by atoms with E-state index in [-0.39, 0.29) is 24.9 Å². The quantitative estimate of drug-likeness (QED) is 0.271. The molecule has 1 aliphatic heterocycles. The van der Waals surface area contributed by atoms with Crippen molar-refractivity contribution in [1.82, 2.24) is 19.5 Å². The summed E-state index contributed by atoms with van der Waals surface area (Å²) in [4.78, 5) is 12.4. The number of anilines is 1. The fourth-order valence-corrected chi connectivity index (χ4v) is 4.81. The third-order valence-corrected chi connectivity index (χ3v) is 6.86. The minimum Gasteiger partial charge on any atom is -0.497 e. The molecule has 12 heteroatoms. The standard InChI is InChI=1S/C27H31N5O7/c1-35-16-8-15(9-17(10-16)36-2)19(18-6-4-5-7-20(18)37-3)11-38-12-21-23(33)24(34)27(39-21)32-14-31-22-25(28)29-13-30-26(22)32/h4-10,13-14,19,21,23-24,27,33-34H,11-12H2,1-3H3,(H2,28,29,30)/t19?,21-,23-,24-,27-/m1/s1. The molecule has 5 atom stereocenters. The number of benzene rings is 2. The number of rotatable bonds is 10. The van der Waals surface area contributed by atoms with E-state index in [2.05, 4.69) is 15.0 Å². The molecule has 2 aromatic heterocycles. The lowest BCUT2D eigenvalue weighted by Crippen LogP contribution is -2.34. The van der Waals surface area contributed by atoms with Crippen LogP contribution in [0.15, 0.2) is 55.1 Å². The molecule has 12 nitrogen and oxygen atoms in total. The van der Waals surface area contributed by atoms with E-state index < -0.39 is 24.5 Å². The van der Waals surface area contributed by atoms with Crippen LogP contribution in [-0.4, -0.2) is 82.6 Å². The molecular formula is C27H31N5O7. The Balaban J connectivity index is 1.36. The monoisotopic (exact) mass is 537 g/mol. The molecule has 0 aliphatic carbocycles. The van der Waals surface area contributed by atoms with Crippen LogP contribution in [0.4, 0.5) is 5.82 Å². The zero-order chi connectivity index (χ0) is 27.5. The Morgan fingerprint density at radius 3 is 2.44 bits per heavy atom. The summed E-state index contributed by atoms with van der Waals surface area (Å²) >= 11 is 0. The van der Waals surface area contributed by atoms with E-state index in [0.29, 0.717) is 28.4 Å². The smallest absolute Gasteiger partial charge is 0.167 e. The van der Waals surface area contributed by atoms with Gasteiger partial charge in [-0.3, -0.25) is 4.57 Å². The first-order valence-electron chi connectivity index (χ1n) is 12.3. The average molecular weight is 538 g/mol. The second-order valence-corrected chi connectivity index (χ2v) is 9.11. The normalized spacial score (nSPS) is 21.7. The number of ether oxygens (including phenoxy) is 5. The predicted molar refractivity (Wildman–Crippen MR) is 141 cm³/mol. The molecule has 0 saturated carbocycles. The largest absolute Gasteiger partial charge is 0.497 e. The molecule has 1 saturated heterocycles. The third kappa shape index (κ3) is 5.19. The number of aliphatic hydroxyl groups is 2. The highest BCUT2D eigenvalue weighted by Crippen LogP contribution is 2.37. The first kappa shape index (κ1) is 26.6. The zero-order valence-corrected chi connectivity index (χ0v) is 21.8. The average Bonchev–Trinajstić information content (AvgIpc) is 3.52. The molecule has 2 aromatic carbocycles. The van der Waals surface area contributed by atoms with Crippen LogP contribution in [0.3, 0.4) is 0 Å². The van der Waals surface area contributed by atoms with Gasteiger partial charge >= 0.3 is 0 Å². The number of hydrogen-bond acceptors (Lipinski definition) is 11. The van der Waals surface area contributed by atoms with Crippen molar-refractivity contribution < 1.29 is 33.9 Å². The predicted octanol–water partition coefficient (Wildman–Crippen LogP) is 1.90. The Bertz CT molecular complexity index is 1410. The Kier molecular flexibility index (Phi) is 7.79. The Labute approximate surface area is 224 Å². The molecule has 4 aromatic rings. The molecule has 1 fully saturated rings. The topological polar surface area (TPSA) is 156 Å². The number of para-hydroxylation sites is 1. The van der Waals surface area contributed by atoms with Gasteiger partial charge in [0.15, 0.2) is 17.7 Å². The van der Waals surface area contributed by atoms with Crippen molar-refractivity contribution in [1.29, 1.82) is 0 Å². The van der Waals surface area contributed by atoms with Gasteiger partial charge in [0.25, 0.3) is 0 Å². The molecule has 0 amide bonds. The van der Waals surface area contributed by atoms with Crippen molar-refractivity contribution in [2.75, 3.05) is 40.3 Å². The summed E-state index contributed by atoms with van der Waals surface area (Å²) in [5.74, 6) is 1.93. The van der Waals surface area contributed by atoms with E-state index in [1.807, 2.05) is 36.4 Å². The summed E-state index contributed by atoms with van der Waals surface area (Å²) in [5.41, 5.74) is 8.46. The van der Waals surface area contributed by atoms with Crippen molar-refractivity contribution in [2.24, 2.45) is 0 Å². The molecule has 3 heterocycles. The molecule has 0 radical (unpaired) electrons. The van der Waals surface area contributed by atoms with Gasteiger partial charge in [0.05, 0.1) is 40.9 Å². The van der Waals surface area contributed by atoms with Gasteiger partial charge in [0, 0.05) is 17.5 Å². The number of aliphatic hydroxyl groups excluding tert-OH is 2. The van der Waals surface area contributed by atoms with Crippen LogP contribution < -0.4 is 19.9 Å². The summed E-state index contributed by atoms with van der Waals surface area (Å²) < 4.78 is 30.3. The van der Waals surface area contributed by atoms with Crippen LogP contribution in [0.5, 0.6) is 17.2 Å². The molecule has 5 rings (SSSR count). The Hall–Kier alpha value is -3.97. The second kappa shape index (κ2) is 11.4. The van der Waals surface area contributed by atoms with E-state index in [0.717, 1.165) is 11.1 Å². The van der Waals surface area contributed by atoms with Gasteiger partial charge in [-0.1, -0.05) is 18.2 Å². The molecule has 39 heavy (non-hydrogen) atoms. The maximum absolute atomic E-state index is 10.8. The van der Waals surface area contributed by atoms with E-state index >= 15 is 0 Å². The first-order valence-corrected chi connectivity index (χ1v) is 12.3. The van der Waals surface area contributed by atoms with Crippen molar-refractivity contribution in [3.63, 3.8) is 0 Å². The third-order valence-electron chi connectivity index (χ3n) is 6.86. The van der Waals surface area contributed by atoms with Crippen LogP contribution in [0.25, 0.3) is 11.2 Å². The van der Waals surface area contributed by atoms with Crippen LogP contribution >= 0.6 is 0 Å². The number of fused-ring (bicyclic) bond motifs is 1. The molecule has 0 spiro atoms. The highest BCUT2D eigenvalue weighted by atomic mass is 16.6. The van der Waals surface area contributed by atoms with E-state index in [1.54, 1.807) is 27.4 Å². The van der Waals surface area contributed by atoms with E-state index in [1.165, 1.54) is 17.2 Å². The van der Waals surface area contributed by atoms with Gasteiger partial charge in [0.1, 0.15) is 47.4 Å². The Morgan fingerprint density at radius 2 is 1.72 bits per heavy atom. The minimum atomic E-state index is -1.24. The highest BCUT2D eigenvalue weighted by molar-refractivity contribution is 5.81. The second-order valence-electron chi connectivity index (χ2n) is 9.11. The number of nitrogens with zero attached hydrogens (tertiary/aromatic N) is 4. The fraction of sp³-hybridized carbons (Fsp3) is 0.370. The summed E-state index contributed by atoms with van der Waals surface area (Å²) in [5, 5.41) is 21.6. The molecule has 4 N–H and O–H groups in total. The van der Waals surface area contributed by atoms with Gasteiger partial charge in [-0.25, -0.2) is 15.0 Å². The van der Waals surface area contributed by atoms with Gasteiger partial charge in [0.2, 0.25) is 0 Å². The number of hydrogen-bond donors (Lipinski definition) is 3. The summed E-state index contributed by atoms with van der Waals surface area (Å²) in [6.07, 6.45) is -1.42. The summed E-state index contributed by atoms with van der Waals surface area (Å²) in [7, 11) is 4.81. The maximum atomic E-state index is 10.8. The van der Waals surface area contributed by atoms with Crippen molar-refractivity contribution in [3.8, 4) is 17.2 Å². The lowest BCUT2D eigenvalue weighted by molar-refractivity contribution is -0.0661. The fourth-order valence-electron chi connectivity index (χ4n) is 4.81. The SMILES string of the molecule is COc1cc(OC)cc(C(COC[C@H]2O[C@@H](n3cnc4c(N)ncnc43)[C@H](O)[C@@H]2O)c2ccccc2OC)c1. The van der Waals surface area contributed by atoms with Crippen molar-refractivity contribution >= 4 is 17.0 Å². The minimum absolute atomic E-state index is 0.0191. The van der Waals surface area contributed by atoms with Crippen LogP contribution in [0, 0.1) is 0 Å². The molecule has 1 aliphatic rings. The van der Waals surface area contributed by atoms with Gasteiger partial charge < -0.3 is 39.6 Å². The van der Waals surface area contributed by atoms with Crippen LogP contribution in [0.1, 0.15) is 23.3 Å². The maximum Gasteiger partial charge on any atom is 0.167 e. The lowest BCUT2D eigenvalue weighted by atomic mass is 9.91. The molecule has 1 unspecified atom stereocenters. The number of nitrogen functional groups attached to an aromatic ring is 1. The van der Waals surface area contributed by atoms with Gasteiger partial charge in [-0.15, -0.1) is 0 Å². The van der Waals surface area contributed by atoms with E-state index in [4.69, 9.17) is 29.4 Å². The van der Waals surface area contributed by atoms with Crippen LogP contribution in [0.2, 0.25) is 0 Å². The van der Waals surface area contributed by atoms with Crippen LogP contribution in [-0.2, 0) is 9.47 Å². The summed E-state index contributed by atoms with van der Waals surface area (Å²) in [6.45, 7) is 0.243. The molecule has 0 bridgehead atoms. The van der Waals surface area contributed by atoms with E-state index in [9.17, 15) is 10.2 Å². The molecule has 206 valence electrons. The summed E-state index contributed by atoms with van der Waals surface area (Å²) in [6, 6.07) is 13.3. The Morgan fingerprint density at radius 1 is 0.974 bits per heavy atom. The number of imidazole rings is 1. The first-order chi connectivity index (χ1) is 18.9.